The van der Waals surface area contributed by atoms with Crippen LogP contribution in [-0.2, 0) is 6.54 Å². The molecule has 0 saturated heterocycles. The van der Waals surface area contributed by atoms with E-state index in [1.165, 1.54) is 11.1 Å². The molecule has 0 unspecified atom stereocenters. The number of nitrogens with one attached hydrogen (secondary N) is 3. The lowest BCUT2D eigenvalue weighted by molar-refractivity contribution is 0.386. The summed E-state index contributed by atoms with van der Waals surface area (Å²) in [4.78, 5) is 6.99. The number of rotatable bonds is 6. The fourth-order valence-corrected chi connectivity index (χ4v) is 4.69. The number of fused-ring (bicyclic) bond motifs is 1. The summed E-state index contributed by atoms with van der Waals surface area (Å²) in [6, 6.07) is 19.1. The fraction of sp³-hybridized carbons (Fsp3) is 0.360. The molecule has 1 aliphatic carbocycles. The van der Waals surface area contributed by atoms with E-state index in [0.29, 0.717) is 23.7 Å². The first-order valence-corrected chi connectivity index (χ1v) is 11.9. The summed E-state index contributed by atoms with van der Waals surface area (Å²) < 4.78 is 0. The monoisotopic (exact) mass is 467 g/mol. The van der Waals surface area contributed by atoms with E-state index in [1.807, 2.05) is 30.3 Å². The maximum Gasteiger partial charge on any atom is 0.166 e. The first kappa shape index (κ1) is 22.6. The number of nitrogens with zero attached hydrogens (tertiary/aromatic N) is 2. The second-order valence-electron chi connectivity index (χ2n) is 8.55. The van der Waals surface area contributed by atoms with E-state index in [2.05, 4.69) is 59.2 Å². The van der Waals surface area contributed by atoms with Crippen molar-refractivity contribution in [3.8, 4) is 0 Å². The summed E-state index contributed by atoms with van der Waals surface area (Å²) in [5.41, 5.74) is 3.25. The molecule has 4 rings (SSSR count). The van der Waals surface area contributed by atoms with Gasteiger partial charge in [0.1, 0.15) is 5.82 Å². The van der Waals surface area contributed by atoms with Crippen molar-refractivity contribution in [1.29, 1.82) is 0 Å². The number of benzene rings is 2. The van der Waals surface area contributed by atoms with E-state index in [9.17, 15) is 0 Å². The van der Waals surface area contributed by atoms with Crippen LogP contribution < -0.4 is 20.9 Å². The Morgan fingerprint density at radius 1 is 1.03 bits per heavy atom. The van der Waals surface area contributed by atoms with Crippen LogP contribution in [0.1, 0.15) is 31.2 Å². The predicted octanol–water partition coefficient (Wildman–Crippen LogP) is 5.34. The van der Waals surface area contributed by atoms with Gasteiger partial charge in [0.05, 0.1) is 5.52 Å². The first-order chi connectivity index (χ1) is 15.5. The van der Waals surface area contributed by atoms with Crippen LogP contribution in [0.5, 0.6) is 0 Å². The quantitative estimate of drug-likeness (QED) is 0.425. The van der Waals surface area contributed by atoms with Gasteiger partial charge in [-0.25, -0.2) is 4.98 Å². The van der Waals surface area contributed by atoms with Crippen LogP contribution in [0.15, 0.2) is 54.6 Å². The van der Waals surface area contributed by atoms with Crippen molar-refractivity contribution in [2.45, 2.75) is 44.3 Å². The summed E-state index contributed by atoms with van der Waals surface area (Å²) in [5, 5.41) is 13.0. The summed E-state index contributed by atoms with van der Waals surface area (Å²) in [6.07, 6.45) is 4.30. The Hall–Kier alpha value is -2.57. The van der Waals surface area contributed by atoms with Crippen molar-refractivity contribution >= 4 is 51.3 Å². The fourth-order valence-electron chi connectivity index (χ4n) is 4.25. The molecular weight excluding hydrogens is 438 g/mol. The topological polar surface area (TPSA) is 52.2 Å². The zero-order valence-electron chi connectivity index (χ0n) is 18.6. The highest BCUT2D eigenvalue weighted by molar-refractivity contribution is 7.80. The maximum atomic E-state index is 6.22. The highest BCUT2D eigenvalue weighted by atomic mass is 35.5. The maximum absolute atomic E-state index is 6.22. The Balaban J connectivity index is 1.29. The lowest BCUT2D eigenvalue weighted by atomic mass is 9.91. The normalized spacial score (nSPS) is 18.2. The Labute approximate surface area is 200 Å². The summed E-state index contributed by atoms with van der Waals surface area (Å²) in [7, 11) is 4.15. The van der Waals surface area contributed by atoms with Gasteiger partial charge in [0, 0.05) is 54.9 Å². The molecule has 0 radical (unpaired) electrons. The molecule has 0 spiro atoms. The molecule has 0 atom stereocenters. The number of aromatic nitrogens is 1. The third-order valence-corrected chi connectivity index (χ3v) is 6.62. The zero-order chi connectivity index (χ0) is 22.5. The third kappa shape index (κ3) is 5.61. The van der Waals surface area contributed by atoms with Crippen molar-refractivity contribution < 1.29 is 0 Å². The van der Waals surface area contributed by atoms with Crippen LogP contribution in [0.3, 0.4) is 0 Å². The molecule has 1 heterocycles. The molecule has 5 nitrogen and oxygen atoms in total. The molecule has 3 aromatic rings. The number of para-hydroxylation sites is 1. The van der Waals surface area contributed by atoms with Crippen LogP contribution >= 0.6 is 23.8 Å². The smallest absolute Gasteiger partial charge is 0.166 e. The molecule has 1 fully saturated rings. The zero-order valence-corrected chi connectivity index (χ0v) is 20.1. The Bertz CT molecular complexity index is 1080. The molecule has 1 saturated carbocycles. The summed E-state index contributed by atoms with van der Waals surface area (Å²) >= 11 is 11.7. The minimum atomic E-state index is 0.390. The Morgan fingerprint density at radius 2 is 1.72 bits per heavy atom. The molecule has 1 aliphatic rings. The number of pyridine rings is 1. The van der Waals surface area contributed by atoms with Crippen molar-refractivity contribution in [1.82, 2.24) is 15.6 Å². The molecule has 1 aromatic heterocycles. The van der Waals surface area contributed by atoms with Crippen LogP contribution in [-0.4, -0.2) is 36.3 Å². The van der Waals surface area contributed by atoms with E-state index >= 15 is 0 Å². The lowest BCUT2D eigenvalue weighted by Crippen LogP contribution is -2.44. The van der Waals surface area contributed by atoms with E-state index in [0.717, 1.165) is 47.6 Å². The SMILES string of the molecule is CN(C)c1cc(N[C@H]2CC[C@@H](NC(=S)NCc3ccccc3Cl)CC2)nc2ccccc12. The highest BCUT2D eigenvalue weighted by Gasteiger charge is 2.22. The van der Waals surface area contributed by atoms with E-state index in [4.69, 9.17) is 28.8 Å². The number of anilines is 2. The number of hydrogen-bond acceptors (Lipinski definition) is 4. The number of hydrogen-bond donors (Lipinski definition) is 3. The van der Waals surface area contributed by atoms with Crippen molar-refractivity contribution in [3.63, 3.8) is 0 Å². The molecule has 7 heteroatoms. The molecular formula is C25H30ClN5S. The largest absolute Gasteiger partial charge is 0.377 e. The van der Waals surface area contributed by atoms with Gasteiger partial charge in [-0.1, -0.05) is 48.0 Å². The van der Waals surface area contributed by atoms with Gasteiger partial charge < -0.3 is 20.9 Å². The highest BCUT2D eigenvalue weighted by Crippen LogP contribution is 2.29. The third-order valence-electron chi connectivity index (χ3n) is 5.99. The van der Waals surface area contributed by atoms with Crippen LogP contribution in [0, 0.1) is 0 Å². The predicted molar refractivity (Wildman–Crippen MR) is 140 cm³/mol. The van der Waals surface area contributed by atoms with Crippen LogP contribution in [0.2, 0.25) is 5.02 Å². The first-order valence-electron chi connectivity index (χ1n) is 11.1. The molecule has 0 amide bonds. The van der Waals surface area contributed by atoms with Crippen molar-refractivity contribution in [2.75, 3.05) is 24.3 Å². The van der Waals surface area contributed by atoms with Gasteiger partial charge in [0.25, 0.3) is 0 Å². The summed E-state index contributed by atoms with van der Waals surface area (Å²) in [6.45, 7) is 0.629. The van der Waals surface area contributed by atoms with Gasteiger partial charge >= 0.3 is 0 Å². The average molecular weight is 468 g/mol. The Morgan fingerprint density at radius 3 is 2.47 bits per heavy atom. The number of thiocarbonyl (C=S) groups is 1. The van der Waals surface area contributed by atoms with Gasteiger partial charge in [-0.15, -0.1) is 0 Å². The van der Waals surface area contributed by atoms with Gasteiger partial charge in [-0.3, -0.25) is 0 Å². The minimum Gasteiger partial charge on any atom is -0.377 e. The van der Waals surface area contributed by atoms with E-state index in [-0.39, 0.29) is 0 Å². The van der Waals surface area contributed by atoms with Gasteiger partial charge in [-0.05, 0) is 55.6 Å². The molecule has 0 aliphatic heterocycles. The standard InChI is InChI=1S/C25H30ClN5S/c1-31(2)23-15-24(30-22-10-6-4-8-20(22)23)28-18-11-13-19(14-12-18)29-25(32)27-16-17-7-3-5-9-21(17)26/h3-10,15,18-19H,11-14,16H2,1-2H3,(H,28,30)(H2,27,29,32)/t18-,19+. The molecule has 168 valence electrons. The minimum absolute atomic E-state index is 0.390. The van der Waals surface area contributed by atoms with Crippen molar-refractivity contribution in [3.05, 3.63) is 65.2 Å². The lowest BCUT2D eigenvalue weighted by Gasteiger charge is -2.31. The second-order valence-corrected chi connectivity index (χ2v) is 9.36. The van der Waals surface area contributed by atoms with Crippen LogP contribution in [0.25, 0.3) is 10.9 Å². The molecule has 3 N–H and O–H groups in total. The van der Waals surface area contributed by atoms with E-state index in [1.54, 1.807) is 0 Å². The van der Waals surface area contributed by atoms with Gasteiger partial charge in [0.15, 0.2) is 5.11 Å². The van der Waals surface area contributed by atoms with Crippen molar-refractivity contribution in [2.24, 2.45) is 0 Å². The Kier molecular flexibility index (Phi) is 7.33. The van der Waals surface area contributed by atoms with Crippen LogP contribution in [0.4, 0.5) is 11.5 Å². The average Bonchev–Trinajstić information content (AvgIpc) is 2.79. The van der Waals surface area contributed by atoms with E-state index < -0.39 is 0 Å². The molecule has 2 aromatic carbocycles. The molecule has 0 bridgehead atoms. The molecule has 32 heavy (non-hydrogen) atoms. The van der Waals surface area contributed by atoms with Gasteiger partial charge in [-0.2, -0.15) is 0 Å². The summed E-state index contributed by atoms with van der Waals surface area (Å²) in [5.74, 6) is 0.945. The van der Waals surface area contributed by atoms with Gasteiger partial charge in [0.2, 0.25) is 0 Å². The second kappa shape index (κ2) is 10.4. The number of halogens is 1.